The van der Waals surface area contributed by atoms with Crippen molar-refractivity contribution in [2.45, 2.75) is 0 Å². The molecule has 0 saturated carbocycles. The molecule has 0 spiro atoms. The normalized spacial score (nSPS) is 16.1. The number of carbonyl (C=O) groups excluding carboxylic acids is 2. The minimum atomic E-state index is -2.13. The Morgan fingerprint density at radius 3 is 2.38 bits per heavy atom. The van der Waals surface area contributed by atoms with Gasteiger partial charge < -0.3 is 19.5 Å². The summed E-state index contributed by atoms with van der Waals surface area (Å²) in [5.41, 5.74) is 0.506. The van der Waals surface area contributed by atoms with Gasteiger partial charge in [-0.3, -0.25) is 14.5 Å². The molecule has 1 amide bonds. The number of piperazine rings is 1. The fourth-order valence-electron chi connectivity index (χ4n) is 2.80. The molecule has 1 aliphatic heterocycles. The van der Waals surface area contributed by atoms with E-state index in [2.05, 4.69) is 4.90 Å². The quantitative estimate of drug-likeness (QED) is 0.422. The summed E-state index contributed by atoms with van der Waals surface area (Å²) in [7, 11) is -3.88. The molecule has 2 N–H and O–H groups in total. The molecule has 7 nitrogen and oxygen atoms in total. The van der Waals surface area contributed by atoms with Crippen molar-refractivity contribution in [2.24, 2.45) is 0 Å². The van der Waals surface area contributed by atoms with E-state index in [1.165, 1.54) is 18.2 Å². The lowest BCUT2D eigenvalue weighted by Gasteiger charge is -2.35. The van der Waals surface area contributed by atoms with Crippen LogP contribution in [0.3, 0.4) is 0 Å². The molecule has 0 aromatic heterocycles. The topological polar surface area (TPSA) is 98.2 Å². The average Bonchev–Trinajstić information content (AvgIpc) is 2.52. The second kappa shape index (κ2) is 7.61. The minimum absolute atomic E-state index is 0.0769. The zero-order valence-electron chi connectivity index (χ0n) is 13.9. The van der Waals surface area contributed by atoms with Crippen LogP contribution in [-0.4, -0.2) is 85.0 Å². The summed E-state index contributed by atoms with van der Waals surface area (Å²) in [6, 6.07) is 4.24. The number of aldehydes is 1. The van der Waals surface area contributed by atoms with Crippen molar-refractivity contribution < 1.29 is 24.2 Å². The summed E-state index contributed by atoms with van der Waals surface area (Å²) < 4.78 is 11.9. The summed E-state index contributed by atoms with van der Waals surface area (Å²) in [6.07, 6.45) is 1.05. The van der Waals surface area contributed by atoms with E-state index in [-0.39, 0.29) is 16.9 Å². The fraction of sp³-hybridized carbons (Fsp3) is 0.467. The Hall–Kier alpha value is -1.47. The average molecular weight is 352 g/mol. The molecule has 1 saturated heterocycles. The third kappa shape index (κ3) is 4.77. The molecule has 1 heterocycles. The Bertz CT molecular complexity index is 668. The van der Waals surface area contributed by atoms with Crippen LogP contribution in [0.1, 0.15) is 20.7 Å². The first-order chi connectivity index (χ1) is 11.2. The Labute approximate surface area is 141 Å². The number of hydrogen-bond donors (Lipinski definition) is 2. The van der Waals surface area contributed by atoms with Gasteiger partial charge in [-0.15, -0.1) is 0 Å². The third-order valence-electron chi connectivity index (χ3n) is 3.94. The number of carbonyl (C=O) groups is 2. The van der Waals surface area contributed by atoms with Crippen LogP contribution in [0, 0.1) is 0 Å². The SMILES string of the molecule is CP(C)(=O)CN1CCN(C(=O)c2ccc(B(O)O)c(C=O)c2)CC1. The molecule has 0 unspecified atom stereocenters. The molecule has 1 aromatic carbocycles. The molecular formula is C15H22BN2O5P. The van der Waals surface area contributed by atoms with Gasteiger partial charge in [-0.2, -0.15) is 0 Å². The standard InChI is InChI=1S/C15H22BN2O5P/c1-24(2,23)11-17-5-7-18(8-6-17)15(20)12-3-4-14(16(21)22)13(9-12)10-19/h3-4,9-10,21-22H,5-8,11H2,1-2H3. The first-order valence-electron chi connectivity index (χ1n) is 7.72. The van der Waals surface area contributed by atoms with E-state index in [0.717, 1.165) is 0 Å². The summed E-state index contributed by atoms with van der Waals surface area (Å²) in [4.78, 5) is 27.4. The van der Waals surface area contributed by atoms with Gasteiger partial charge in [0, 0.05) is 37.3 Å². The highest BCUT2D eigenvalue weighted by Crippen LogP contribution is 2.36. The van der Waals surface area contributed by atoms with Gasteiger partial charge in [-0.05, 0) is 30.9 Å². The molecule has 24 heavy (non-hydrogen) atoms. The predicted octanol–water partition coefficient (Wildman–Crippen LogP) is -0.483. The Balaban J connectivity index is 2.05. The Kier molecular flexibility index (Phi) is 5.99. The van der Waals surface area contributed by atoms with Gasteiger partial charge in [0.1, 0.15) is 6.29 Å². The fourth-order valence-corrected chi connectivity index (χ4v) is 4.05. The Morgan fingerprint density at radius 1 is 1.25 bits per heavy atom. The highest BCUT2D eigenvalue weighted by atomic mass is 31.2. The van der Waals surface area contributed by atoms with Gasteiger partial charge >= 0.3 is 7.12 Å². The molecule has 1 aliphatic rings. The summed E-state index contributed by atoms with van der Waals surface area (Å²) in [5.74, 6) is -0.201. The van der Waals surface area contributed by atoms with E-state index < -0.39 is 14.3 Å². The van der Waals surface area contributed by atoms with Crippen molar-refractivity contribution in [3.05, 3.63) is 29.3 Å². The summed E-state index contributed by atoms with van der Waals surface area (Å²) >= 11 is 0. The largest absolute Gasteiger partial charge is 0.489 e. The van der Waals surface area contributed by atoms with Crippen LogP contribution in [0.25, 0.3) is 0 Å². The third-order valence-corrected chi connectivity index (χ3v) is 5.02. The monoisotopic (exact) mass is 352 g/mol. The van der Waals surface area contributed by atoms with Gasteiger partial charge in [0.15, 0.2) is 0 Å². The lowest BCUT2D eigenvalue weighted by atomic mass is 9.77. The molecule has 130 valence electrons. The van der Waals surface area contributed by atoms with E-state index in [9.17, 15) is 24.2 Å². The van der Waals surface area contributed by atoms with Gasteiger partial charge in [-0.1, -0.05) is 6.07 Å². The van der Waals surface area contributed by atoms with Crippen LogP contribution < -0.4 is 5.46 Å². The molecular weight excluding hydrogens is 330 g/mol. The lowest BCUT2D eigenvalue weighted by molar-refractivity contribution is 0.0656. The van der Waals surface area contributed by atoms with E-state index in [1.54, 1.807) is 18.2 Å². The molecule has 0 radical (unpaired) electrons. The van der Waals surface area contributed by atoms with Crippen molar-refractivity contribution in [1.82, 2.24) is 9.80 Å². The maximum atomic E-state index is 12.6. The number of benzene rings is 1. The van der Waals surface area contributed by atoms with E-state index >= 15 is 0 Å². The molecule has 0 aliphatic carbocycles. The van der Waals surface area contributed by atoms with E-state index in [1.807, 2.05) is 0 Å². The predicted molar refractivity (Wildman–Crippen MR) is 93.5 cm³/mol. The summed E-state index contributed by atoms with van der Waals surface area (Å²) in [6.45, 7) is 5.88. The molecule has 0 atom stereocenters. The molecule has 1 fully saturated rings. The van der Waals surface area contributed by atoms with Crippen molar-refractivity contribution in [3.63, 3.8) is 0 Å². The maximum absolute atomic E-state index is 12.6. The maximum Gasteiger partial charge on any atom is 0.489 e. The lowest BCUT2D eigenvalue weighted by Crippen LogP contribution is -2.48. The van der Waals surface area contributed by atoms with Crippen LogP contribution >= 0.6 is 7.14 Å². The smallest absolute Gasteiger partial charge is 0.423 e. The molecule has 0 bridgehead atoms. The number of hydrogen-bond acceptors (Lipinski definition) is 6. The number of amides is 1. The molecule has 1 aromatic rings. The number of nitrogens with zero attached hydrogens (tertiary/aromatic N) is 2. The van der Waals surface area contributed by atoms with Gasteiger partial charge in [0.25, 0.3) is 5.91 Å². The first-order valence-corrected chi connectivity index (χ1v) is 10.5. The highest BCUT2D eigenvalue weighted by Gasteiger charge is 2.25. The van der Waals surface area contributed by atoms with E-state index in [0.29, 0.717) is 44.3 Å². The zero-order chi connectivity index (χ0) is 17.9. The minimum Gasteiger partial charge on any atom is -0.423 e. The van der Waals surface area contributed by atoms with Crippen LogP contribution in [0.2, 0.25) is 0 Å². The van der Waals surface area contributed by atoms with Crippen molar-refractivity contribution in [2.75, 3.05) is 45.8 Å². The molecule has 2 rings (SSSR count). The van der Waals surface area contributed by atoms with E-state index in [4.69, 9.17) is 0 Å². The van der Waals surface area contributed by atoms with Crippen molar-refractivity contribution >= 4 is 31.9 Å². The van der Waals surface area contributed by atoms with Crippen LogP contribution in [0.4, 0.5) is 0 Å². The van der Waals surface area contributed by atoms with Gasteiger partial charge in [0.05, 0.1) is 13.4 Å². The summed E-state index contributed by atoms with van der Waals surface area (Å²) in [5, 5.41) is 18.4. The number of rotatable bonds is 5. The highest BCUT2D eigenvalue weighted by molar-refractivity contribution is 7.62. The van der Waals surface area contributed by atoms with Crippen LogP contribution in [-0.2, 0) is 4.57 Å². The second-order valence-electron chi connectivity index (χ2n) is 6.46. The zero-order valence-corrected chi connectivity index (χ0v) is 14.8. The van der Waals surface area contributed by atoms with Crippen molar-refractivity contribution in [3.8, 4) is 0 Å². The first kappa shape index (κ1) is 18.9. The second-order valence-corrected chi connectivity index (χ2v) is 9.89. The van der Waals surface area contributed by atoms with Crippen LogP contribution in [0.5, 0.6) is 0 Å². The van der Waals surface area contributed by atoms with Gasteiger partial charge in [0.2, 0.25) is 0 Å². The Morgan fingerprint density at radius 2 is 1.88 bits per heavy atom. The van der Waals surface area contributed by atoms with Gasteiger partial charge in [-0.25, -0.2) is 0 Å². The van der Waals surface area contributed by atoms with Crippen LogP contribution in [0.15, 0.2) is 18.2 Å². The molecule has 9 heteroatoms. The van der Waals surface area contributed by atoms with Crippen molar-refractivity contribution in [1.29, 1.82) is 0 Å².